The second kappa shape index (κ2) is 14.8. The van der Waals surface area contributed by atoms with Gasteiger partial charge in [0.15, 0.2) is 0 Å². The van der Waals surface area contributed by atoms with Crippen LogP contribution >= 0.6 is 0 Å². The predicted molar refractivity (Wildman–Crippen MR) is 200 cm³/mol. The molecule has 1 atom stereocenters. The molecule has 2 aliphatic heterocycles. The molecule has 2 aromatic heterocycles. The molecule has 2 saturated heterocycles. The first-order valence-electron chi connectivity index (χ1n) is 17.4. The van der Waals surface area contributed by atoms with Gasteiger partial charge >= 0.3 is 6.09 Å². The minimum Gasteiger partial charge on any atom is -0.465 e. The van der Waals surface area contributed by atoms with Crippen molar-refractivity contribution in [2.24, 2.45) is 0 Å². The van der Waals surface area contributed by atoms with Gasteiger partial charge in [0.2, 0.25) is 5.91 Å². The minimum absolute atomic E-state index is 0.112. The quantitative estimate of drug-likeness (QED) is 0.120. The van der Waals surface area contributed by atoms with E-state index in [1.165, 1.54) is 0 Å². The Balaban J connectivity index is 1.20. The van der Waals surface area contributed by atoms with Crippen LogP contribution in [0.15, 0.2) is 60.9 Å². The van der Waals surface area contributed by atoms with E-state index in [0.29, 0.717) is 38.8 Å². The highest BCUT2D eigenvalue weighted by Crippen LogP contribution is 2.34. The molecule has 266 valence electrons. The zero-order valence-electron chi connectivity index (χ0n) is 29.7. The number of carbonyl (C=O) groups is 2. The zero-order chi connectivity index (χ0) is 35.5. The first kappa shape index (κ1) is 35.4. The average Bonchev–Trinajstić information content (AvgIpc) is 3.71. The lowest BCUT2D eigenvalue weighted by atomic mass is 9.83. The van der Waals surface area contributed by atoms with Gasteiger partial charge in [-0.05, 0) is 67.8 Å². The molecule has 0 saturated carbocycles. The van der Waals surface area contributed by atoms with Crippen molar-refractivity contribution in [3.63, 3.8) is 0 Å². The molecular formula is C37H49N7O5Si. The highest BCUT2D eigenvalue weighted by molar-refractivity contribution is 6.76. The monoisotopic (exact) mass is 699 g/mol. The van der Waals surface area contributed by atoms with Crippen molar-refractivity contribution in [1.82, 2.24) is 19.9 Å². The maximum absolute atomic E-state index is 13.7. The van der Waals surface area contributed by atoms with E-state index in [4.69, 9.17) is 19.6 Å². The molecule has 0 unspecified atom stereocenters. The number of benzene rings is 2. The lowest BCUT2D eigenvalue weighted by molar-refractivity contribution is -0.120. The first-order chi connectivity index (χ1) is 23.9. The molecule has 0 bridgehead atoms. The van der Waals surface area contributed by atoms with Crippen molar-refractivity contribution < 1.29 is 24.2 Å². The van der Waals surface area contributed by atoms with E-state index in [2.05, 4.69) is 55.7 Å². The average molecular weight is 700 g/mol. The van der Waals surface area contributed by atoms with Gasteiger partial charge in [0.25, 0.3) is 0 Å². The van der Waals surface area contributed by atoms with Gasteiger partial charge in [0, 0.05) is 52.2 Å². The van der Waals surface area contributed by atoms with Crippen LogP contribution in [0.4, 0.5) is 22.0 Å². The largest absolute Gasteiger partial charge is 0.465 e. The molecule has 0 aliphatic carbocycles. The Morgan fingerprint density at radius 3 is 2.50 bits per heavy atom. The summed E-state index contributed by atoms with van der Waals surface area (Å²) in [6.45, 7) is 16.2. The third-order valence-corrected chi connectivity index (χ3v) is 11.4. The molecule has 2 aliphatic rings. The molecule has 4 heterocycles. The normalized spacial score (nSPS) is 16.9. The Bertz CT molecular complexity index is 1820. The highest BCUT2D eigenvalue weighted by atomic mass is 28.3. The van der Waals surface area contributed by atoms with Gasteiger partial charge in [-0.2, -0.15) is 0 Å². The molecule has 2 aromatic carbocycles. The number of nitrogens with zero attached hydrogens (tertiary/aromatic N) is 5. The summed E-state index contributed by atoms with van der Waals surface area (Å²) in [5.74, 6) is 0.779. The van der Waals surface area contributed by atoms with Crippen LogP contribution in [0.1, 0.15) is 25.8 Å². The fraction of sp³-hybridized carbons (Fsp3) is 0.459. The summed E-state index contributed by atoms with van der Waals surface area (Å²) in [5, 5.41) is 15.8. The van der Waals surface area contributed by atoms with Crippen LogP contribution < -0.4 is 20.4 Å². The number of hydrogen-bond acceptors (Lipinski definition) is 8. The molecule has 13 heteroatoms. The fourth-order valence-corrected chi connectivity index (χ4v) is 7.26. The Kier molecular flexibility index (Phi) is 10.5. The summed E-state index contributed by atoms with van der Waals surface area (Å²) in [4.78, 5) is 38.6. The Morgan fingerprint density at radius 2 is 1.78 bits per heavy atom. The summed E-state index contributed by atoms with van der Waals surface area (Å²) >= 11 is 0. The number of fused-ring (bicyclic) bond motifs is 1. The summed E-state index contributed by atoms with van der Waals surface area (Å²) in [5.41, 5.74) is 4.53. The third kappa shape index (κ3) is 8.11. The van der Waals surface area contributed by atoms with Gasteiger partial charge in [-0.3, -0.25) is 4.79 Å². The van der Waals surface area contributed by atoms with Crippen LogP contribution in [0.2, 0.25) is 25.7 Å². The lowest BCUT2D eigenvalue weighted by Crippen LogP contribution is -2.36. The summed E-state index contributed by atoms with van der Waals surface area (Å²) < 4.78 is 14.0. The topological polar surface area (TPSA) is 134 Å². The molecule has 6 rings (SSSR count). The van der Waals surface area contributed by atoms with E-state index in [-0.39, 0.29) is 11.9 Å². The number of carboxylic acid groups (broad SMARTS) is 1. The maximum Gasteiger partial charge on any atom is 0.404 e. The van der Waals surface area contributed by atoms with E-state index in [9.17, 15) is 9.59 Å². The van der Waals surface area contributed by atoms with Gasteiger partial charge in [-0.15, -0.1) is 0 Å². The minimum atomic E-state index is -1.25. The second-order valence-electron chi connectivity index (χ2n) is 14.9. The Labute approximate surface area is 294 Å². The molecule has 50 heavy (non-hydrogen) atoms. The summed E-state index contributed by atoms with van der Waals surface area (Å²) in [6.07, 6.45) is 1.36. The van der Waals surface area contributed by atoms with Gasteiger partial charge in [0.05, 0.1) is 35.8 Å². The van der Waals surface area contributed by atoms with E-state index in [0.717, 1.165) is 71.5 Å². The third-order valence-electron chi connectivity index (χ3n) is 9.65. The van der Waals surface area contributed by atoms with Gasteiger partial charge < -0.3 is 39.6 Å². The predicted octanol–water partition coefficient (Wildman–Crippen LogP) is 6.01. The van der Waals surface area contributed by atoms with E-state index in [1.807, 2.05) is 62.4 Å². The number of amides is 2. The van der Waals surface area contributed by atoms with Crippen LogP contribution in [-0.4, -0.2) is 91.8 Å². The SMILES string of the molecule is CC(C)(C(=O)Nc1ccc(-c2cc3c(N4CCOCC4)ncnc3n2COCC[Si](C)(C)C)cc1)c1cccc(N2CC[C@H](NC(=O)O)C2)c1. The van der Waals surface area contributed by atoms with Crippen molar-refractivity contribution in [2.75, 3.05) is 61.1 Å². The molecular weight excluding hydrogens is 651 g/mol. The molecule has 0 radical (unpaired) electrons. The second-order valence-corrected chi connectivity index (χ2v) is 20.5. The smallest absolute Gasteiger partial charge is 0.404 e. The number of anilines is 3. The number of carbonyl (C=O) groups excluding carboxylic acids is 1. The van der Waals surface area contributed by atoms with Crippen LogP contribution in [-0.2, 0) is 26.4 Å². The van der Waals surface area contributed by atoms with Crippen LogP contribution in [0, 0.1) is 0 Å². The van der Waals surface area contributed by atoms with Crippen molar-refractivity contribution in [2.45, 2.75) is 64.1 Å². The van der Waals surface area contributed by atoms with E-state index >= 15 is 0 Å². The number of hydrogen-bond donors (Lipinski definition) is 3. The van der Waals surface area contributed by atoms with Crippen molar-refractivity contribution >= 4 is 48.3 Å². The van der Waals surface area contributed by atoms with Crippen molar-refractivity contribution in [1.29, 1.82) is 0 Å². The van der Waals surface area contributed by atoms with Gasteiger partial charge in [-0.1, -0.05) is 43.9 Å². The fourth-order valence-electron chi connectivity index (χ4n) is 6.50. The lowest BCUT2D eigenvalue weighted by Gasteiger charge is -2.28. The summed E-state index contributed by atoms with van der Waals surface area (Å²) in [6, 6.07) is 19.0. The number of nitrogens with one attached hydrogen (secondary N) is 2. The number of rotatable bonds is 12. The Morgan fingerprint density at radius 1 is 1.02 bits per heavy atom. The van der Waals surface area contributed by atoms with E-state index in [1.54, 1.807) is 6.33 Å². The van der Waals surface area contributed by atoms with Crippen molar-refractivity contribution in [3.8, 4) is 11.3 Å². The molecule has 3 N–H and O–H groups in total. The molecule has 2 amide bonds. The highest BCUT2D eigenvalue weighted by Gasteiger charge is 2.32. The van der Waals surface area contributed by atoms with Crippen LogP contribution in [0.3, 0.4) is 0 Å². The maximum atomic E-state index is 13.7. The standard InChI is InChI=1S/C37H49N7O5Si/c1-37(2,27-7-6-8-30(21-27)43-14-13-29(23-43)41-36(46)47)35(45)40-28-11-9-26(10-12-28)32-22-31-33(42-15-17-48-18-16-42)38-24-39-34(31)44(32)25-49-19-20-50(3,4)5/h6-12,21-22,24,29,41H,13-20,23,25H2,1-5H3,(H,40,45)(H,46,47)/t29-/m0/s1. The number of ether oxygens (including phenoxy) is 2. The molecule has 4 aromatic rings. The molecule has 0 spiro atoms. The zero-order valence-corrected chi connectivity index (χ0v) is 30.7. The number of morpholine rings is 1. The molecule has 12 nitrogen and oxygen atoms in total. The van der Waals surface area contributed by atoms with Gasteiger partial charge in [0.1, 0.15) is 24.5 Å². The van der Waals surface area contributed by atoms with Gasteiger partial charge in [-0.25, -0.2) is 14.8 Å². The molecule has 2 fully saturated rings. The van der Waals surface area contributed by atoms with E-state index < -0.39 is 19.6 Å². The van der Waals surface area contributed by atoms with Crippen LogP contribution in [0.5, 0.6) is 0 Å². The Hall–Kier alpha value is -4.46. The first-order valence-corrected chi connectivity index (χ1v) is 21.1. The van der Waals surface area contributed by atoms with Crippen LogP contribution in [0.25, 0.3) is 22.3 Å². The number of aromatic nitrogens is 3. The van der Waals surface area contributed by atoms with Crippen molar-refractivity contribution in [3.05, 3.63) is 66.5 Å². The summed E-state index contributed by atoms with van der Waals surface area (Å²) in [7, 11) is -1.25.